The topological polar surface area (TPSA) is 76.9 Å². The molecule has 1 aliphatic rings. The fourth-order valence-electron chi connectivity index (χ4n) is 2.47. The number of imidazole rings is 1. The van der Waals surface area contributed by atoms with Crippen LogP contribution < -0.4 is 10.6 Å². The van der Waals surface area contributed by atoms with E-state index in [2.05, 4.69) is 30.2 Å². The lowest BCUT2D eigenvalue weighted by molar-refractivity contribution is 0.0875. The van der Waals surface area contributed by atoms with Crippen LogP contribution in [-0.2, 0) is 11.3 Å². The summed E-state index contributed by atoms with van der Waals surface area (Å²) in [6, 6.07) is 2.24. The third-order valence-electron chi connectivity index (χ3n) is 3.60. The molecule has 0 spiro atoms. The molecule has 2 aromatic rings. The average Bonchev–Trinajstić information content (AvgIpc) is 3.06. The van der Waals surface area contributed by atoms with Crippen molar-refractivity contribution in [1.82, 2.24) is 19.5 Å². The van der Waals surface area contributed by atoms with Crippen molar-refractivity contribution in [2.24, 2.45) is 0 Å². The van der Waals surface area contributed by atoms with Crippen LogP contribution in [0.15, 0.2) is 31.0 Å². The van der Waals surface area contributed by atoms with Crippen LogP contribution in [0.2, 0.25) is 0 Å². The van der Waals surface area contributed by atoms with Crippen molar-refractivity contribution in [2.75, 3.05) is 30.4 Å². The van der Waals surface area contributed by atoms with Crippen molar-refractivity contribution in [2.45, 2.75) is 31.8 Å². The molecule has 0 aliphatic carbocycles. The number of anilines is 2. The smallest absolute Gasteiger partial charge is 0.224 e. The quantitative estimate of drug-likeness (QED) is 0.759. The van der Waals surface area contributed by atoms with Gasteiger partial charge in [-0.15, -0.1) is 0 Å². The molecular formula is C15H22N6O. The van der Waals surface area contributed by atoms with E-state index in [0.717, 1.165) is 51.4 Å². The van der Waals surface area contributed by atoms with Gasteiger partial charge in [0.25, 0.3) is 0 Å². The molecule has 1 saturated heterocycles. The van der Waals surface area contributed by atoms with Gasteiger partial charge in [-0.1, -0.05) is 0 Å². The number of hydrogen-bond acceptors (Lipinski definition) is 6. The van der Waals surface area contributed by atoms with E-state index in [9.17, 15) is 0 Å². The van der Waals surface area contributed by atoms with Gasteiger partial charge < -0.3 is 19.9 Å². The number of aryl methyl sites for hydroxylation is 1. The first-order valence-electron chi connectivity index (χ1n) is 7.77. The first kappa shape index (κ1) is 14.8. The molecule has 0 radical (unpaired) electrons. The largest absolute Gasteiger partial charge is 0.379 e. The number of aromatic nitrogens is 4. The summed E-state index contributed by atoms with van der Waals surface area (Å²) >= 11 is 0. The molecule has 118 valence electrons. The number of nitrogens with zero attached hydrogens (tertiary/aromatic N) is 4. The lowest BCUT2D eigenvalue weighted by atomic mass is 10.1. The summed E-state index contributed by atoms with van der Waals surface area (Å²) in [5.74, 6) is 1.51. The zero-order valence-electron chi connectivity index (χ0n) is 12.6. The van der Waals surface area contributed by atoms with Gasteiger partial charge in [0, 0.05) is 38.3 Å². The number of ether oxygens (including phenoxy) is 1. The molecule has 0 aromatic carbocycles. The highest BCUT2D eigenvalue weighted by molar-refractivity contribution is 5.40. The highest BCUT2D eigenvalue weighted by Crippen LogP contribution is 2.13. The Hall–Kier alpha value is -2.15. The highest BCUT2D eigenvalue weighted by Gasteiger charge is 2.14. The van der Waals surface area contributed by atoms with E-state index in [1.54, 1.807) is 12.4 Å². The fraction of sp³-hybridized carbons (Fsp3) is 0.533. The van der Waals surface area contributed by atoms with E-state index in [4.69, 9.17) is 4.74 Å². The second-order valence-electron chi connectivity index (χ2n) is 5.40. The van der Waals surface area contributed by atoms with Crippen LogP contribution in [0.1, 0.15) is 19.3 Å². The van der Waals surface area contributed by atoms with Crippen molar-refractivity contribution >= 4 is 11.8 Å². The summed E-state index contributed by atoms with van der Waals surface area (Å²) in [5, 5.41) is 6.66. The molecule has 0 saturated carbocycles. The van der Waals surface area contributed by atoms with Crippen molar-refractivity contribution in [3.8, 4) is 0 Å². The summed E-state index contributed by atoms with van der Waals surface area (Å²) in [4.78, 5) is 12.8. The number of rotatable bonds is 7. The summed E-state index contributed by atoms with van der Waals surface area (Å²) in [6.07, 6.45) is 10.6. The van der Waals surface area contributed by atoms with Gasteiger partial charge in [-0.05, 0) is 25.3 Å². The van der Waals surface area contributed by atoms with Crippen molar-refractivity contribution in [3.05, 3.63) is 31.0 Å². The van der Waals surface area contributed by atoms with Crippen LogP contribution in [-0.4, -0.2) is 45.3 Å². The summed E-state index contributed by atoms with van der Waals surface area (Å²) in [5.41, 5.74) is 0. The SMILES string of the molecule is c1cn(CCCNc2nccc(N[C@H]3CCCOC3)n2)cn1. The molecule has 7 heteroatoms. The standard InChI is InChI=1S/C15H22N6O/c1-3-13(11-22-10-1)19-14-4-6-18-15(20-14)17-5-2-8-21-9-7-16-12-21/h4,6-7,9,12-13H,1-3,5,8,10-11H2,(H2,17,18,19,20)/t13-/m0/s1. The fourth-order valence-corrected chi connectivity index (χ4v) is 2.47. The van der Waals surface area contributed by atoms with Gasteiger partial charge in [0.05, 0.1) is 19.0 Å². The molecule has 1 atom stereocenters. The Morgan fingerprint density at radius 3 is 3.18 bits per heavy atom. The third kappa shape index (κ3) is 4.42. The van der Waals surface area contributed by atoms with E-state index in [-0.39, 0.29) is 0 Å². The Labute approximate surface area is 130 Å². The Bertz CT molecular complexity index is 553. The Balaban J connectivity index is 1.44. The van der Waals surface area contributed by atoms with Crippen LogP contribution in [0.25, 0.3) is 0 Å². The molecule has 0 unspecified atom stereocenters. The predicted octanol–water partition coefficient (Wildman–Crippen LogP) is 1.77. The minimum atomic E-state index is 0.345. The maximum atomic E-state index is 5.47. The molecule has 1 fully saturated rings. The van der Waals surface area contributed by atoms with Gasteiger partial charge in [-0.2, -0.15) is 4.98 Å². The molecule has 3 heterocycles. The average molecular weight is 302 g/mol. The second kappa shape index (κ2) is 7.74. The number of hydrogen-bond donors (Lipinski definition) is 2. The van der Waals surface area contributed by atoms with Gasteiger partial charge in [0.1, 0.15) is 5.82 Å². The van der Waals surface area contributed by atoms with Crippen LogP contribution in [0.4, 0.5) is 11.8 Å². The molecule has 2 N–H and O–H groups in total. The second-order valence-corrected chi connectivity index (χ2v) is 5.40. The summed E-state index contributed by atoms with van der Waals surface area (Å²) in [6.45, 7) is 3.38. The van der Waals surface area contributed by atoms with Crippen LogP contribution in [0, 0.1) is 0 Å². The first-order chi connectivity index (χ1) is 10.9. The van der Waals surface area contributed by atoms with Crippen LogP contribution >= 0.6 is 0 Å². The molecule has 2 aromatic heterocycles. The minimum Gasteiger partial charge on any atom is -0.379 e. The van der Waals surface area contributed by atoms with Gasteiger partial charge >= 0.3 is 0 Å². The van der Waals surface area contributed by atoms with Gasteiger partial charge in [-0.25, -0.2) is 9.97 Å². The van der Waals surface area contributed by atoms with E-state index < -0.39 is 0 Å². The molecular weight excluding hydrogens is 280 g/mol. The minimum absolute atomic E-state index is 0.345. The molecule has 1 aliphatic heterocycles. The molecule has 3 rings (SSSR count). The van der Waals surface area contributed by atoms with E-state index in [1.165, 1.54) is 0 Å². The van der Waals surface area contributed by atoms with Crippen molar-refractivity contribution in [3.63, 3.8) is 0 Å². The molecule has 22 heavy (non-hydrogen) atoms. The molecule has 0 bridgehead atoms. The van der Waals surface area contributed by atoms with Gasteiger partial charge in [0.2, 0.25) is 5.95 Å². The summed E-state index contributed by atoms with van der Waals surface area (Å²) < 4.78 is 7.53. The lowest BCUT2D eigenvalue weighted by Gasteiger charge is -2.23. The van der Waals surface area contributed by atoms with Crippen LogP contribution in [0.5, 0.6) is 0 Å². The van der Waals surface area contributed by atoms with E-state index >= 15 is 0 Å². The molecule has 0 amide bonds. The highest BCUT2D eigenvalue weighted by atomic mass is 16.5. The molecule has 7 nitrogen and oxygen atoms in total. The number of nitrogens with one attached hydrogen (secondary N) is 2. The van der Waals surface area contributed by atoms with Gasteiger partial charge in [0.15, 0.2) is 0 Å². The zero-order chi connectivity index (χ0) is 15.0. The van der Waals surface area contributed by atoms with Crippen LogP contribution in [0.3, 0.4) is 0 Å². The predicted molar refractivity (Wildman–Crippen MR) is 84.8 cm³/mol. The maximum absolute atomic E-state index is 5.47. The Kier molecular flexibility index (Phi) is 5.20. The van der Waals surface area contributed by atoms with E-state index in [0.29, 0.717) is 12.0 Å². The van der Waals surface area contributed by atoms with E-state index in [1.807, 2.05) is 18.6 Å². The Morgan fingerprint density at radius 2 is 2.36 bits per heavy atom. The van der Waals surface area contributed by atoms with Crippen molar-refractivity contribution < 1.29 is 4.74 Å². The van der Waals surface area contributed by atoms with Gasteiger partial charge in [-0.3, -0.25) is 0 Å². The monoisotopic (exact) mass is 302 g/mol. The Morgan fingerprint density at radius 1 is 1.36 bits per heavy atom. The lowest BCUT2D eigenvalue weighted by Crippen LogP contribution is -2.30. The zero-order valence-corrected chi connectivity index (χ0v) is 12.6. The first-order valence-corrected chi connectivity index (χ1v) is 7.77. The maximum Gasteiger partial charge on any atom is 0.224 e. The third-order valence-corrected chi connectivity index (χ3v) is 3.60. The summed E-state index contributed by atoms with van der Waals surface area (Å²) in [7, 11) is 0. The van der Waals surface area contributed by atoms with Crippen molar-refractivity contribution in [1.29, 1.82) is 0 Å². The normalized spacial score (nSPS) is 18.1.